The van der Waals surface area contributed by atoms with Gasteiger partial charge in [0.1, 0.15) is 0 Å². The molecule has 0 saturated carbocycles. The summed E-state index contributed by atoms with van der Waals surface area (Å²) >= 11 is 6.05. The van der Waals surface area contributed by atoms with Gasteiger partial charge < -0.3 is 9.73 Å². The number of benzene rings is 2. The maximum Gasteiger partial charge on any atom is 0.247 e. The van der Waals surface area contributed by atoms with Crippen LogP contribution in [0.25, 0.3) is 11.5 Å². The summed E-state index contributed by atoms with van der Waals surface area (Å²) in [4.78, 5) is 12.0. The zero-order valence-corrected chi connectivity index (χ0v) is 13.9. The zero-order chi connectivity index (χ0) is 16.9. The lowest BCUT2D eigenvalue weighted by Crippen LogP contribution is -2.12. The van der Waals surface area contributed by atoms with Crippen molar-refractivity contribution in [3.05, 3.63) is 65.0 Å². The van der Waals surface area contributed by atoms with E-state index < -0.39 is 0 Å². The summed E-state index contributed by atoms with van der Waals surface area (Å²) in [6.45, 7) is 1.91. The van der Waals surface area contributed by atoms with Crippen LogP contribution in [0, 0.1) is 6.92 Å². The molecule has 3 aromatic rings. The minimum absolute atomic E-state index is 0.130. The van der Waals surface area contributed by atoms with Crippen LogP contribution in [0.3, 0.4) is 0 Å². The quantitative estimate of drug-likeness (QED) is 0.752. The van der Waals surface area contributed by atoms with Gasteiger partial charge in [-0.3, -0.25) is 4.79 Å². The predicted octanol–water partition coefficient (Wildman–Crippen LogP) is 4.27. The molecule has 0 aliphatic heterocycles. The lowest BCUT2D eigenvalue weighted by molar-refractivity contribution is -0.116. The monoisotopic (exact) mass is 341 g/mol. The van der Waals surface area contributed by atoms with Crippen molar-refractivity contribution in [3.8, 4) is 11.5 Å². The van der Waals surface area contributed by atoms with Gasteiger partial charge in [-0.1, -0.05) is 35.9 Å². The molecule has 2 aromatic carbocycles. The van der Waals surface area contributed by atoms with E-state index in [1.54, 1.807) is 6.07 Å². The number of aryl methyl sites for hydroxylation is 2. The number of anilines is 1. The van der Waals surface area contributed by atoms with Gasteiger partial charge in [0.15, 0.2) is 0 Å². The largest absolute Gasteiger partial charge is 0.421 e. The normalized spacial score (nSPS) is 10.6. The number of nitrogens with zero attached hydrogens (tertiary/aromatic N) is 2. The van der Waals surface area contributed by atoms with Crippen LogP contribution in [0.4, 0.5) is 5.69 Å². The zero-order valence-electron chi connectivity index (χ0n) is 13.1. The predicted molar refractivity (Wildman–Crippen MR) is 92.9 cm³/mol. The third-order valence-corrected chi connectivity index (χ3v) is 3.92. The molecule has 0 radical (unpaired) electrons. The first-order valence-electron chi connectivity index (χ1n) is 7.55. The SMILES string of the molecule is Cc1ccc(NC(=O)CCc2nnc(-c3ccccc3)o2)cc1Cl. The molecule has 122 valence electrons. The van der Waals surface area contributed by atoms with Crippen LogP contribution in [0.1, 0.15) is 17.9 Å². The van der Waals surface area contributed by atoms with E-state index in [2.05, 4.69) is 15.5 Å². The smallest absolute Gasteiger partial charge is 0.247 e. The number of nitrogens with one attached hydrogen (secondary N) is 1. The minimum Gasteiger partial charge on any atom is -0.421 e. The number of hydrogen-bond acceptors (Lipinski definition) is 4. The second-order valence-corrected chi connectivity index (χ2v) is 5.79. The van der Waals surface area contributed by atoms with E-state index in [-0.39, 0.29) is 12.3 Å². The number of hydrogen-bond donors (Lipinski definition) is 1. The van der Waals surface area contributed by atoms with Crippen LogP contribution in [-0.4, -0.2) is 16.1 Å². The highest BCUT2D eigenvalue weighted by Gasteiger charge is 2.10. The van der Waals surface area contributed by atoms with Crippen LogP contribution in [0.2, 0.25) is 5.02 Å². The Balaban J connectivity index is 1.56. The number of carbonyl (C=O) groups is 1. The minimum atomic E-state index is -0.130. The number of amides is 1. The molecule has 0 aliphatic rings. The molecule has 6 heteroatoms. The van der Waals surface area contributed by atoms with Crippen molar-refractivity contribution in [3.63, 3.8) is 0 Å². The second-order valence-electron chi connectivity index (χ2n) is 5.38. The van der Waals surface area contributed by atoms with Crippen molar-refractivity contribution < 1.29 is 9.21 Å². The van der Waals surface area contributed by atoms with Crippen LogP contribution < -0.4 is 5.32 Å². The highest BCUT2D eigenvalue weighted by Crippen LogP contribution is 2.20. The Morgan fingerprint density at radius 2 is 1.96 bits per heavy atom. The van der Waals surface area contributed by atoms with E-state index in [4.69, 9.17) is 16.0 Å². The summed E-state index contributed by atoms with van der Waals surface area (Å²) in [5.74, 6) is 0.761. The van der Waals surface area contributed by atoms with Crippen molar-refractivity contribution in [2.75, 3.05) is 5.32 Å². The molecule has 1 aromatic heterocycles. The summed E-state index contributed by atoms with van der Waals surface area (Å²) < 4.78 is 5.58. The first kappa shape index (κ1) is 16.2. The number of carbonyl (C=O) groups excluding carboxylic acids is 1. The first-order valence-corrected chi connectivity index (χ1v) is 7.93. The van der Waals surface area contributed by atoms with Crippen molar-refractivity contribution in [1.82, 2.24) is 10.2 Å². The Labute approximate surface area is 144 Å². The van der Waals surface area contributed by atoms with E-state index in [0.29, 0.717) is 28.9 Å². The molecular weight excluding hydrogens is 326 g/mol. The van der Waals surface area contributed by atoms with Gasteiger partial charge in [0, 0.05) is 29.1 Å². The lowest BCUT2D eigenvalue weighted by atomic mass is 10.2. The maximum absolute atomic E-state index is 12.0. The third kappa shape index (κ3) is 4.00. The van der Waals surface area contributed by atoms with Gasteiger partial charge >= 0.3 is 0 Å². The van der Waals surface area contributed by atoms with Crippen molar-refractivity contribution in [1.29, 1.82) is 0 Å². The van der Waals surface area contributed by atoms with Gasteiger partial charge in [0.25, 0.3) is 0 Å². The fourth-order valence-electron chi connectivity index (χ4n) is 2.17. The molecule has 0 atom stereocenters. The summed E-state index contributed by atoms with van der Waals surface area (Å²) in [6.07, 6.45) is 0.632. The molecule has 0 aliphatic carbocycles. The highest BCUT2D eigenvalue weighted by molar-refractivity contribution is 6.31. The molecule has 3 rings (SSSR count). The summed E-state index contributed by atoms with van der Waals surface area (Å²) in [6, 6.07) is 14.9. The average Bonchev–Trinajstić information content (AvgIpc) is 3.06. The molecule has 1 heterocycles. The third-order valence-electron chi connectivity index (χ3n) is 3.51. The molecule has 0 spiro atoms. The Kier molecular flexibility index (Phi) is 4.91. The van der Waals surface area contributed by atoms with Gasteiger partial charge in [-0.05, 0) is 36.8 Å². The molecule has 5 nitrogen and oxygen atoms in total. The highest BCUT2D eigenvalue weighted by atomic mass is 35.5. The second kappa shape index (κ2) is 7.27. The van der Waals surface area contributed by atoms with E-state index in [9.17, 15) is 4.79 Å². The van der Waals surface area contributed by atoms with Crippen LogP contribution in [0.15, 0.2) is 52.9 Å². The molecule has 0 unspecified atom stereocenters. The van der Waals surface area contributed by atoms with Crippen LogP contribution in [-0.2, 0) is 11.2 Å². The topological polar surface area (TPSA) is 68.0 Å². The molecular formula is C18H16ClN3O2. The maximum atomic E-state index is 12.0. The standard InChI is InChI=1S/C18H16ClN3O2/c1-12-7-8-14(11-15(12)19)20-16(23)9-10-17-21-22-18(24-17)13-5-3-2-4-6-13/h2-8,11H,9-10H2,1H3,(H,20,23). The van der Waals surface area contributed by atoms with Gasteiger partial charge in [0.2, 0.25) is 17.7 Å². The van der Waals surface area contributed by atoms with Crippen molar-refractivity contribution in [2.24, 2.45) is 0 Å². The molecule has 0 bridgehead atoms. The molecule has 1 N–H and O–H groups in total. The van der Waals surface area contributed by atoms with Gasteiger partial charge in [-0.15, -0.1) is 10.2 Å². The Bertz CT molecular complexity index is 846. The molecule has 0 fully saturated rings. The van der Waals surface area contributed by atoms with Crippen molar-refractivity contribution in [2.45, 2.75) is 19.8 Å². The van der Waals surface area contributed by atoms with Crippen molar-refractivity contribution >= 4 is 23.2 Å². The molecule has 1 amide bonds. The van der Waals surface area contributed by atoms with E-state index >= 15 is 0 Å². The number of halogens is 1. The fraction of sp³-hybridized carbons (Fsp3) is 0.167. The number of rotatable bonds is 5. The summed E-state index contributed by atoms with van der Waals surface area (Å²) in [5, 5.41) is 11.4. The Morgan fingerprint density at radius 3 is 2.71 bits per heavy atom. The Morgan fingerprint density at radius 1 is 1.17 bits per heavy atom. The van der Waals surface area contributed by atoms with Gasteiger partial charge in [0.05, 0.1) is 0 Å². The lowest BCUT2D eigenvalue weighted by Gasteiger charge is -2.06. The molecule has 24 heavy (non-hydrogen) atoms. The number of aromatic nitrogens is 2. The summed E-state index contributed by atoms with van der Waals surface area (Å²) in [7, 11) is 0. The first-order chi connectivity index (χ1) is 11.6. The van der Waals surface area contributed by atoms with E-state index in [0.717, 1.165) is 11.1 Å². The average molecular weight is 342 g/mol. The summed E-state index contributed by atoms with van der Waals surface area (Å²) in [5.41, 5.74) is 2.50. The van der Waals surface area contributed by atoms with Crippen LogP contribution in [0.5, 0.6) is 0 Å². The van der Waals surface area contributed by atoms with Crippen LogP contribution >= 0.6 is 11.6 Å². The van der Waals surface area contributed by atoms with E-state index in [1.807, 2.05) is 49.4 Å². The van der Waals surface area contributed by atoms with Gasteiger partial charge in [-0.25, -0.2) is 0 Å². The fourth-order valence-corrected chi connectivity index (χ4v) is 2.35. The Hall–Kier alpha value is -2.66. The van der Waals surface area contributed by atoms with E-state index in [1.165, 1.54) is 0 Å². The van der Waals surface area contributed by atoms with Gasteiger partial charge in [-0.2, -0.15) is 0 Å². The molecule has 0 saturated heterocycles.